The normalized spacial score (nSPS) is 9.80. The van der Waals surface area contributed by atoms with E-state index < -0.39 is 5.91 Å². The van der Waals surface area contributed by atoms with E-state index in [1.807, 2.05) is 0 Å². The van der Waals surface area contributed by atoms with Gasteiger partial charge in [0.15, 0.2) is 0 Å². The zero-order chi connectivity index (χ0) is 7.72. The molecule has 5 heteroatoms. The topological polar surface area (TPSA) is 60.9 Å². The van der Waals surface area contributed by atoms with Crippen LogP contribution in [0.5, 0.6) is 0 Å². The highest BCUT2D eigenvalue weighted by Crippen LogP contribution is 2.11. The van der Waals surface area contributed by atoms with Gasteiger partial charge in [-0.2, -0.15) is 5.10 Å². The van der Waals surface area contributed by atoms with Crippen molar-refractivity contribution in [3.8, 4) is 0 Å². The fourth-order valence-electron chi connectivity index (χ4n) is 0.627. The van der Waals surface area contributed by atoms with Crippen molar-refractivity contribution in [3.05, 3.63) is 16.4 Å². The quantitative estimate of drug-likeness (QED) is 0.714. The number of nitrogens with zero attached hydrogens (tertiary/aromatic N) is 2. The molecule has 4 nitrogen and oxygen atoms in total. The first-order chi connectivity index (χ1) is 4.61. The van der Waals surface area contributed by atoms with Gasteiger partial charge in [0, 0.05) is 13.2 Å². The molecule has 1 rings (SSSR count). The number of aromatic nitrogens is 2. The van der Waals surface area contributed by atoms with Crippen molar-refractivity contribution >= 4 is 21.8 Å². The summed E-state index contributed by atoms with van der Waals surface area (Å²) in [5.41, 5.74) is 5.41. The lowest BCUT2D eigenvalue weighted by atomic mass is 10.4. The molecule has 0 aliphatic carbocycles. The molecular weight excluding hydrogens is 198 g/mol. The van der Waals surface area contributed by atoms with E-state index in [1.165, 1.54) is 4.68 Å². The maximum absolute atomic E-state index is 10.6. The summed E-state index contributed by atoms with van der Waals surface area (Å²) >= 11 is 3.08. The van der Waals surface area contributed by atoms with Gasteiger partial charge >= 0.3 is 0 Å². The van der Waals surface area contributed by atoms with Gasteiger partial charge in [0.05, 0.1) is 5.56 Å². The van der Waals surface area contributed by atoms with Crippen LogP contribution in [0.4, 0.5) is 0 Å². The Labute approximate surface area is 66.1 Å². The van der Waals surface area contributed by atoms with Gasteiger partial charge in [-0.3, -0.25) is 9.48 Å². The summed E-state index contributed by atoms with van der Waals surface area (Å²) in [5, 5.41) is 3.86. The number of carbonyl (C=O) groups excluding carboxylic acids is 1. The molecule has 1 amide bonds. The van der Waals surface area contributed by atoms with E-state index in [4.69, 9.17) is 5.73 Å². The molecule has 1 aromatic rings. The molecule has 0 atom stereocenters. The Morgan fingerprint density at radius 1 is 1.90 bits per heavy atom. The van der Waals surface area contributed by atoms with E-state index >= 15 is 0 Å². The molecule has 1 heterocycles. The van der Waals surface area contributed by atoms with E-state index in [1.54, 1.807) is 13.2 Å². The lowest BCUT2D eigenvalue weighted by Gasteiger charge is -1.84. The zero-order valence-electron chi connectivity index (χ0n) is 5.34. The van der Waals surface area contributed by atoms with E-state index in [0.29, 0.717) is 10.2 Å². The zero-order valence-corrected chi connectivity index (χ0v) is 6.92. The van der Waals surface area contributed by atoms with Crippen LogP contribution in [0.3, 0.4) is 0 Å². The molecule has 0 fully saturated rings. The molecule has 0 unspecified atom stereocenters. The molecule has 0 bridgehead atoms. The van der Waals surface area contributed by atoms with Crippen molar-refractivity contribution in [2.45, 2.75) is 0 Å². The predicted octanol–water partition coefficient (Wildman–Crippen LogP) is 0.282. The van der Waals surface area contributed by atoms with E-state index in [-0.39, 0.29) is 0 Å². The molecule has 0 aliphatic heterocycles. The first kappa shape index (κ1) is 7.27. The largest absolute Gasteiger partial charge is 0.365 e. The molecule has 2 N–H and O–H groups in total. The van der Waals surface area contributed by atoms with Crippen LogP contribution in [0.2, 0.25) is 0 Å². The summed E-state index contributed by atoms with van der Waals surface area (Å²) < 4.78 is 2.01. The fraction of sp³-hybridized carbons (Fsp3) is 0.200. The van der Waals surface area contributed by atoms with E-state index in [9.17, 15) is 4.79 Å². The minimum Gasteiger partial charge on any atom is -0.365 e. The standard InChI is InChI=1S/C5H6BrN3O/c1-9-2-3(5(7)10)4(6)8-9/h2H,1H3,(H2,7,10). The van der Waals surface area contributed by atoms with Crippen LogP contribution in [0.1, 0.15) is 10.4 Å². The van der Waals surface area contributed by atoms with Gasteiger partial charge in [-0.15, -0.1) is 0 Å². The van der Waals surface area contributed by atoms with E-state index in [2.05, 4.69) is 21.0 Å². The highest BCUT2D eigenvalue weighted by molar-refractivity contribution is 9.10. The second-order valence-corrected chi connectivity index (χ2v) is 2.62. The van der Waals surface area contributed by atoms with Gasteiger partial charge in [-0.05, 0) is 15.9 Å². The van der Waals surface area contributed by atoms with Crippen LogP contribution in [-0.2, 0) is 7.05 Å². The molecule has 1 aromatic heterocycles. The summed E-state index contributed by atoms with van der Waals surface area (Å²) in [6.07, 6.45) is 1.56. The first-order valence-electron chi connectivity index (χ1n) is 2.60. The predicted molar refractivity (Wildman–Crippen MR) is 39.4 cm³/mol. The maximum atomic E-state index is 10.6. The summed E-state index contributed by atoms with van der Waals surface area (Å²) in [4.78, 5) is 10.6. The SMILES string of the molecule is Cn1cc(C(N)=O)c(Br)n1. The Hall–Kier alpha value is -0.840. The van der Waals surface area contributed by atoms with Crippen LogP contribution >= 0.6 is 15.9 Å². The lowest BCUT2D eigenvalue weighted by molar-refractivity contribution is 0.0999. The Bertz CT molecular complexity index is 268. The van der Waals surface area contributed by atoms with Gasteiger partial charge in [0.2, 0.25) is 0 Å². The van der Waals surface area contributed by atoms with Gasteiger partial charge in [-0.25, -0.2) is 0 Å². The van der Waals surface area contributed by atoms with Crippen molar-refractivity contribution in [1.82, 2.24) is 9.78 Å². The highest BCUT2D eigenvalue weighted by atomic mass is 79.9. The number of hydrogen-bond acceptors (Lipinski definition) is 2. The van der Waals surface area contributed by atoms with Gasteiger partial charge < -0.3 is 5.73 Å². The summed E-state index contributed by atoms with van der Waals surface area (Å²) in [7, 11) is 1.72. The minimum absolute atomic E-state index is 0.405. The van der Waals surface area contributed by atoms with Crippen LogP contribution in [0.25, 0.3) is 0 Å². The Kier molecular flexibility index (Phi) is 1.76. The van der Waals surface area contributed by atoms with Gasteiger partial charge in [0.25, 0.3) is 5.91 Å². The molecular formula is C5H6BrN3O. The molecule has 0 aromatic carbocycles. The average molecular weight is 204 g/mol. The summed E-state index contributed by atoms with van der Waals surface area (Å²) in [5.74, 6) is -0.472. The van der Waals surface area contributed by atoms with Crippen molar-refractivity contribution in [1.29, 1.82) is 0 Å². The first-order valence-corrected chi connectivity index (χ1v) is 3.39. The van der Waals surface area contributed by atoms with Crippen LogP contribution < -0.4 is 5.73 Å². The number of primary amides is 1. The van der Waals surface area contributed by atoms with Crippen molar-refractivity contribution in [3.63, 3.8) is 0 Å². The molecule has 0 saturated heterocycles. The fourth-order valence-corrected chi connectivity index (χ4v) is 1.17. The monoisotopic (exact) mass is 203 g/mol. The average Bonchev–Trinajstić information content (AvgIpc) is 2.10. The maximum Gasteiger partial charge on any atom is 0.253 e. The van der Waals surface area contributed by atoms with Crippen LogP contribution in [0, 0.1) is 0 Å². The Morgan fingerprint density at radius 2 is 2.50 bits per heavy atom. The highest BCUT2D eigenvalue weighted by Gasteiger charge is 2.08. The lowest BCUT2D eigenvalue weighted by Crippen LogP contribution is -2.10. The minimum atomic E-state index is -0.472. The second-order valence-electron chi connectivity index (χ2n) is 1.87. The number of aryl methyl sites for hydroxylation is 1. The number of amides is 1. The number of nitrogens with two attached hydrogens (primary N) is 1. The Balaban J connectivity index is 3.15. The van der Waals surface area contributed by atoms with E-state index in [0.717, 1.165) is 0 Å². The third-order valence-electron chi connectivity index (χ3n) is 1.05. The second kappa shape index (κ2) is 2.42. The van der Waals surface area contributed by atoms with Crippen molar-refractivity contribution < 1.29 is 4.79 Å². The Morgan fingerprint density at radius 3 is 2.70 bits per heavy atom. The number of rotatable bonds is 1. The molecule has 54 valence electrons. The summed E-state index contributed by atoms with van der Waals surface area (Å²) in [6.45, 7) is 0. The third-order valence-corrected chi connectivity index (χ3v) is 1.63. The van der Waals surface area contributed by atoms with Crippen LogP contribution in [-0.4, -0.2) is 15.7 Å². The smallest absolute Gasteiger partial charge is 0.253 e. The molecule has 0 aliphatic rings. The molecule has 10 heavy (non-hydrogen) atoms. The molecule has 0 spiro atoms. The molecule has 0 saturated carbocycles. The van der Waals surface area contributed by atoms with Gasteiger partial charge in [-0.1, -0.05) is 0 Å². The van der Waals surface area contributed by atoms with Crippen LogP contribution in [0.15, 0.2) is 10.8 Å². The van der Waals surface area contributed by atoms with Crippen molar-refractivity contribution in [2.24, 2.45) is 12.8 Å². The van der Waals surface area contributed by atoms with Gasteiger partial charge in [0.1, 0.15) is 4.60 Å². The number of hydrogen-bond donors (Lipinski definition) is 1. The molecule has 0 radical (unpaired) electrons. The summed E-state index contributed by atoms with van der Waals surface area (Å²) in [6, 6.07) is 0. The number of halogens is 1. The number of carbonyl (C=O) groups is 1. The third kappa shape index (κ3) is 1.18. The van der Waals surface area contributed by atoms with Crippen molar-refractivity contribution in [2.75, 3.05) is 0 Å².